The fourth-order valence-electron chi connectivity index (χ4n) is 0.575. The molecule has 0 radical (unpaired) electrons. The van der Waals surface area contributed by atoms with E-state index in [0.717, 1.165) is 6.26 Å². The maximum atomic E-state index is 10.7. The highest BCUT2D eigenvalue weighted by Crippen LogP contribution is 1.96. The molecule has 0 spiro atoms. The van der Waals surface area contributed by atoms with Crippen molar-refractivity contribution < 1.29 is 27.6 Å². The largest absolute Gasteiger partial charge is 0.384 e. The van der Waals surface area contributed by atoms with Crippen LogP contribution in [0.3, 0.4) is 0 Å². The second kappa shape index (κ2) is 5.59. The van der Waals surface area contributed by atoms with E-state index in [1.807, 2.05) is 0 Å². The molecule has 0 rings (SSSR count). The van der Waals surface area contributed by atoms with Gasteiger partial charge in [0.25, 0.3) is 0 Å². The van der Waals surface area contributed by atoms with Crippen molar-refractivity contribution in [2.45, 2.75) is 12.5 Å². The average Bonchev–Trinajstić information content (AvgIpc) is 1.96. The van der Waals surface area contributed by atoms with Gasteiger partial charge in [0.1, 0.15) is 12.7 Å². The standard InChI is InChI=1S/C7H10O6S/c1-14(11,12)13-7(10)5-6(9)3-2-4-8/h6,8-9H,4-5H2,1H3. The van der Waals surface area contributed by atoms with Gasteiger partial charge in [-0.3, -0.25) is 4.79 Å². The van der Waals surface area contributed by atoms with Gasteiger partial charge in [-0.1, -0.05) is 11.8 Å². The summed E-state index contributed by atoms with van der Waals surface area (Å²) in [5, 5.41) is 17.2. The minimum absolute atomic E-state index is 0.446. The molecule has 0 amide bonds. The van der Waals surface area contributed by atoms with Crippen LogP contribution in [0.25, 0.3) is 0 Å². The Balaban J connectivity index is 4.08. The number of aliphatic hydroxyl groups is 2. The second-order valence-electron chi connectivity index (χ2n) is 2.36. The molecule has 2 N–H and O–H groups in total. The number of hydrogen-bond acceptors (Lipinski definition) is 6. The molecule has 14 heavy (non-hydrogen) atoms. The molecule has 0 aliphatic rings. The van der Waals surface area contributed by atoms with E-state index < -0.39 is 35.2 Å². The Hall–Kier alpha value is -1.10. The zero-order valence-corrected chi connectivity index (χ0v) is 8.24. The Bertz CT molecular complexity index is 346. The van der Waals surface area contributed by atoms with Crippen molar-refractivity contribution in [3.8, 4) is 11.8 Å². The highest BCUT2D eigenvalue weighted by atomic mass is 32.2. The minimum atomic E-state index is -3.85. The fourth-order valence-corrected chi connectivity index (χ4v) is 0.981. The van der Waals surface area contributed by atoms with Crippen LogP contribution >= 0.6 is 0 Å². The lowest BCUT2D eigenvalue weighted by atomic mass is 10.2. The van der Waals surface area contributed by atoms with Gasteiger partial charge in [0.05, 0.1) is 12.7 Å². The molecule has 7 heteroatoms. The van der Waals surface area contributed by atoms with E-state index in [-0.39, 0.29) is 0 Å². The quantitative estimate of drug-likeness (QED) is 0.433. The summed E-state index contributed by atoms with van der Waals surface area (Å²) in [7, 11) is -3.85. The number of aliphatic hydroxyl groups excluding tert-OH is 2. The molecule has 6 nitrogen and oxygen atoms in total. The smallest absolute Gasteiger partial charge is 0.325 e. The van der Waals surface area contributed by atoms with Crippen LogP contribution in [0.4, 0.5) is 0 Å². The minimum Gasteiger partial charge on any atom is -0.384 e. The van der Waals surface area contributed by atoms with Crippen LogP contribution in [0.1, 0.15) is 6.42 Å². The first-order valence-electron chi connectivity index (χ1n) is 3.54. The summed E-state index contributed by atoms with van der Waals surface area (Å²) in [4.78, 5) is 10.7. The van der Waals surface area contributed by atoms with Gasteiger partial charge in [0.15, 0.2) is 0 Å². The average molecular weight is 222 g/mol. The first kappa shape index (κ1) is 12.9. The lowest BCUT2D eigenvalue weighted by Crippen LogP contribution is -2.17. The molecule has 0 heterocycles. The summed E-state index contributed by atoms with van der Waals surface area (Å²) < 4.78 is 24.8. The van der Waals surface area contributed by atoms with Gasteiger partial charge < -0.3 is 14.4 Å². The normalized spacial score (nSPS) is 12.5. The van der Waals surface area contributed by atoms with E-state index >= 15 is 0 Å². The fraction of sp³-hybridized carbons (Fsp3) is 0.571. The summed E-state index contributed by atoms with van der Waals surface area (Å²) in [5.41, 5.74) is 0. The van der Waals surface area contributed by atoms with Crippen LogP contribution in [0, 0.1) is 11.8 Å². The molecule has 1 unspecified atom stereocenters. The molecular formula is C7H10O6S. The number of rotatable bonds is 3. The zero-order valence-electron chi connectivity index (χ0n) is 7.43. The predicted molar refractivity (Wildman–Crippen MR) is 46.4 cm³/mol. The van der Waals surface area contributed by atoms with Gasteiger partial charge >= 0.3 is 16.1 Å². The molecule has 80 valence electrons. The summed E-state index contributed by atoms with van der Waals surface area (Å²) in [6.45, 7) is -0.446. The molecule has 0 aliphatic carbocycles. The highest BCUT2D eigenvalue weighted by Gasteiger charge is 2.14. The van der Waals surface area contributed by atoms with Crippen molar-refractivity contribution >= 4 is 16.1 Å². The third-order valence-electron chi connectivity index (χ3n) is 0.952. The molecule has 0 aliphatic heterocycles. The van der Waals surface area contributed by atoms with Crippen LogP contribution in [-0.4, -0.2) is 43.6 Å². The Kier molecular flexibility index (Phi) is 5.15. The van der Waals surface area contributed by atoms with Crippen molar-refractivity contribution in [3.05, 3.63) is 0 Å². The predicted octanol–water partition coefficient (Wildman–Crippen LogP) is -1.76. The molecule has 0 aromatic carbocycles. The highest BCUT2D eigenvalue weighted by molar-refractivity contribution is 7.86. The third kappa shape index (κ3) is 7.54. The van der Waals surface area contributed by atoms with E-state index in [1.54, 1.807) is 0 Å². The Labute approximate surface area is 81.6 Å². The van der Waals surface area contributed by atoms with E-state index in [1.165, 1.54) is 0 Å². The molecular weight excluding hydrogens is 212 g/mol. The van der Waals surface area contributed by atoms with Crippen molar-refractivity contribution in [2.24, 2.45) is 0 Å². The van der Waals surface area contributed by atoms with Gasteiger partial charge in [0, 0.05) is 0 Å². The molecule has 0 fully saturated rings. The molecule has 0 aromatic heterocycles. The maximum Gasteiger partial charge on any atom is 0.325 e. The van der Waals surface area contributed by atoms with Gasteiger partial charge in [0.2, 0.25) is 0 Å². The number of carbonyl (C=O) groups excluding carboxylic acids is 1. The van der Waals surface area contributed by atoms with Crippen molar-refractivity contribution in [3.63, 3.8) is 0 Å². The molecule has 1 atom stereocenters. The van der Waals surface area contributed by atoms with E-state index in [9.17, 15) is 13.2 Å². The summed E-state index contributed by atoms with van der Waals surface area (Å²) in [6, 6.07) is 0. The van der Waals surface area contributed by atoms with Gasteiger partial charge in [-0.05, 0) is 0 Å². The van der Waals surface area contributed by atoms with E-state index in [4.69, 9.17) is 10.2 Å². The molecule has 0 saturated carbocycles. The van der Waals surface area contributed by atoms with Crippen LogP contribution in [0.2, 0.25) is 0 Å². The monoisotopic (exact) mass is 222 g/mol. The van der Waals surface area contributed by atoms with Gasteiger partial charge in [-0.15, -0.1) is 0 Å². The lowest BCUT2D eigenvalue weighted by Gasteiger charge is -2.02. The second-order valence-corrected chi connectivity index (χ2v) is 3.93. The maximum absolute atomic E-state index is 10.7. The SMILES string of the molecule is CS(=O)(=O)OC(=O)CC(O)C#CCO. The molecule has 0 bridgehead atoms. The van der Waals surface area contributed by atoms with E-state index in [2.05, 4.69) is 16.0 Å². The first-order valence-corrected chi connectivity index (χ1v) is 5.36. The summed E-state index contributed by atoms with van der Waals surface area (Å²) in [5.74, 6) is 3.13. The summed E-state index contributed by atoms with van der Waals surface area (Å²) >= 11 is 0. The van der Waals surface area contributed by atoms with Crippen LogP contribution in [-0.2, 0) is 19.1 Å². The van der Waals surface area contributed by atoms with Crippen LogP contribution < -0.4 is 0 Å². The third-order valence-corrected chi connectivity index (χ3v) is 1.44. The molecule has 0 aromatic rings. The zero-order chi connectivity index (χ0) is 11.2. The van der Waals surface area contributed by atoms with Crippen LogP contribution in [0.5, 0.6) is 0 Å². The first-order chi connectivity index (χ1) is 6.35. The Morgan fingerprint density at radius 1 is 1.57 bits per heavy atom. The van der Waals surface area contributed by atoms with Crippen molar-refractivity contribution in [2.75, 3.05) is 12.9 Å². The number of carbonyl (C=O) groups is 1. The van der Waals surface area contributed by atoms with Crippen molar-refractivity contribution in [1.82, 2.24) is 0 Å². The summed E-state index contributed by atoms with van der Waals surface area (Å²) in [6.07, 6.45) is -1.17. The van der Waals surface area contributed by atoms with Crippen molar-refractivity contribution in [1.29, 1.82) is 0 Å². The lowest BCUT2D eigenvalue weighted by molar-refractivity contribution is -0.135. The van der Waals surface area contributed by atoms with Gasteiger partial charge in [-0.2, -0.15) is 8.42 Å². The van der Waals surface area contributed by atoms with Gasteiger partial charge in [-0.25, -0.2) is 0 Å². The Morgan fingerprint density at radius 2 is 2.14 bits per heavy atom. The topological polar surface area (TPSA) is 101 Å². The van der Waals surface area contributed by atoms with E-state index in [0.29, 0.717) is 0 Å². The van der Waals surface area contributed by atoms with Crippen LogP contribution in [0.15, 0.2) is 0 Å². The number of hydrogen-bond donors (Lipinski definition) is 2. The Morgan fingerprint density at radius 3 is 2.57 bits per heavy atom. The molecule has 0 saturated heterocycles.